The number of aryl methyl sites for hydroxylation is 4. The monoisotopic (exact) mass is 836 g/mol. The topological polar surface area (TPSA) is 0 Å². The summed E-state index contributed by atoms with van der Waals surface area (Å²) < 4.78 is 2.51. The van der Waals surface area contributed by atoms with Crippen molar-refractivity contribution in [2.24, 2.45) is 0 Å². The smallest absolute Gasteiger partial charge is 0.0257 e. The van der Waals surface area contributed by atoms with E-state index < -0.39 is 0 Å². The van der Waals surface area contributed by atoms with Crippen molar-refractivity contribution in [3.8, 4) is 11.1 Å². The van der Waals surface area contributed by atoms with E-state index in [-0.39, 0.29) is 0 Å². The molecule has 44 heavy (non-hydrogen) atoms. The van der Waals surface area contributed by atoms with Crippen LogP contribution in [0, 0.1) is 0 Å². The van der Waals surface area contributed by atoms with Crippen molar-refractivity contribution < 1.29 is 0 Å². The minimum absolute atomic E-state index is 0.566. The maximum Gasteiger partial charge on any atom is 0.0257 e. The van der Waals surface area contributed by atoms with Crippen molar-refractivity contribution >= 4 is 63.7 Å². The van der Waals surface area contributed by atoms with Crippen molar-refractivity contribution in [1.82, 2.24) is 0 Å². The van der Waals surface area contributed by atoms with Gasteiger partial charge < -0.3 is 0 Å². The van der Waals surface area contributed by atoms with Gasteiger partial charge in [0, 0.05) is 41.6 Å². The van der Waals surface area contributed by atoms with Gasteiger partial charge in [0.05, 0.1) is 0 Å². The van der Waals surface area contributed by atoms with Crippen LogP contribution in [0.5, 0.6) is 0 Å². The predicted octanol–water partition coefficient (Wildman–Crippen LogP) is 12.6. The van der Waals surface area contributed by atoms with Crippen molar-refractivity contribution in [1.29, 1.82) is 0 Å². The Bertz CT molecular complexity index is 1530. The van der Waals surface area contributed by atoms with Gasteiger partial charge >= 0.3 is 0 Å². The molecule has 0 N–H and O–H groups in total. The summed E-state index contributed by atoms with van der Waals surface area (Å²) in [7, 11) is 0. The zero-order valence-corrected chi connectivity index (χ0v) is 31.6. The van der Waals surface area contributed by atoms with Gasteiger partial charge in [-0.2, -0.15) is 0 Å². The molecule has 4 aliphatic rings. The number of hydrogen-bond donors (Lipinski definition) is 0. The van der Waals surface area contributed by atoms with E-state index in [1.807, 2.05) is 0 Å². The average molecular weight is 840 g/mol. The van der Waals surface area contributed by atoms with Crippen LogP contribution in [0.1, 0.15) is 94.9 Å². The van der Waals surface area contributed by atoms with E-state index in [0.29, 0.717) is 21.5 Å². The fourth-order valence-corrected chi connectivity index (χ4v) is 11.3. The van der Waals surface area contributed by atoms with Crippen LogP contribution >= 0.6 is 63.7 Å². The van der Waals surface area contributed by atoms with Crippen molar-refractivity contribution in [3.05, 3.63) is 126 Å². The lowest BCUT2D eigenvalue weighted by molar-refractivity contribution is 0.445. The minimum Gasteiger partial charge on any atom is -0.0884 e. The first-order valence-corrected chi connectivity index (χ1v) is 20.0. The summed E-state index contributed by atoms with van der Waals surface area (Å²) in [5.41, 5.74) is 15.4. The highest BCUT2D eigenvalue weighted by atomic mass is 79.9. The predicted molar refractivity (Wildman–Crippen MR) is 201 cm³/mol. The third-order valence-corrected chi connectivity index (χ3v) is 14.0. The van der Waals surface area contributed by atoms with Gasteiger partial charge in [-0.1, -0.05) is 124 Å². The summed E-state index contributed by atoms with van der Waals surface area (Å²) in [6.07, 6.45) is 15.1. The molecule has 0 radical (unpaired) electrons. The second-order valence-electron chi connectivity index (χ2n) is 13.1. The molecular formula is C40H40Br4. The summed E-state index contributed by atoms with van der Waals surface area (Å²) >= 11 is 15.7. The zero-order chi connectivity index (χ0) is 30.2. The van der Waals surface area contributed by atoms with Gasteiger partial charge in [0.15, 0.2) is 0 Å². The Hall–Kier alpha value is -1.20. The molecular weight excluding hydrogens is 800 g/mol. The molecule has 0 saturated heterocycles. The van der Waals surface area contributed by atoms with E-state index in [9.17, 15) is 0 Å². The van der Waals surface area contributed by atoms with E-state index in [2.05, 4.69) is 137 Å². The van der Waals surface area contributed by atoms with Crippen molar-refractivity contribution in [2.75, 3.05) is 0 Å². The van der Waals surface area contributed by atoms with Crippen LogP contribution in [0.3, 0.4) is 0 Å². The molecule has 0 aliphatic heterocycles. The molecule has 4 aromatic rings. The maximum absolute atomic E-state index is 4.02. The Morgan fingerprint density at radius 3 is 1.30 bits per heavy atom. The minimum atomic E-state index is 0.566. The third kappa shape index (κ3) is 6.12. The molecule has 0 nitrogen and oxygen atoms in total. The van der Waals surface area contributed by atoms with Gasteiger partial charge in [-0.3, -0.25) is 0 Å². The molecule has 0 heterocycles. The average Bonchev–Trinajstić information content (AvgIpc) is 3.06. The summed E-state index contributed by atoms with van der Waals surface area (Å²) in [6, 6.07) is 27.3. The van der Waals surface area contributed by atoms with Gasteiger partial charge in [0.1, 0.15) is 0 Å². The highest BCUT2D eigenvalue weighted by Crippen LogP contribution is 2.51. The highest BCUT2D eigenvalue weighted by Gasteiger charge is 2.40. The van der Waals surface area contributed by atoms with Crippen LogP contribution in [0.15, 0.2) is 81.7 Å². The molecule has 0 bridgehead atoms. The number of benzene rings is 4. The second kappa shape index (κ2) is 13.9. The van der Waals surface area contributed by atoms with Crippen LogP contribution in [-0.4, -0.2) is 9.65 Å². The number of fused-ring (bicyclic) bond motifs is 4. The first-order chi connectivity index (χ1) is 21.5. The van der Waals surface area contributed by atoms with Crippen molar-refractivity contribution in [2.45, 2.75) is 98.5 Å². The molecule has 4 atom stereocenters. The van der Waals surface area contributed by atoms with Gasteiger partial charge in [0.25, 0.3) is 0 Å². The molecule has 4 aromatic carbocycles. The van der Waals surface area contributed by atoms with Crippen LogP contribution in [0.2, 0.25) is 0 Å². The number of rotatable bonds is 2. The van der Waals surface area contributed by atoms with Gasteiger partial charge in [-0.15, -0.1) is 0 Å². The Morgan fingerprint density at radius 1 is 0.432 bits per heavy atom. The van der Waals surface area contributed by atoms with Crippen LogP contribution in [0.25, 0.3) is 11.1 Å². The molecule has 8 rings (SSSR count). The van der Waals surface area contributed by atoms with Gasteiger partial charge in [-0.05, 0) is 134 Å². The van der Waals surface area contributed by atoms with Gasteiger partial charge in [0.2, 0.25) is 0 Å². The number of halogens is 4. The summed E-state index contributed by atoms with van der Waals surface area (Å²) in [6.45, 7) is 0. The molecule has 0 saturated carbocycles. The summed E-state index contributed by atoms with van der Waals surface area (Å²) in [5, 5.41) is 0. The summed E-state index contributed by atoms with van der Waals surface area (Å²) in [5.74, 6) is 1.13. The zero-order valence-electron chi connectivity index (χ0n) is 25.2. The Labute approximate surface area is 297 Å². The fourth-order valence-electron chi connectivity index (χ4n) is 8.49. The SMILES string of the molecule is BrC1CCc2ccccc2C1C1c2ccccc2CCC1Br.Brc1ccc2c(c1-c1c(Br)ccc3c1CCCC3)CCCC2. The quantitative estimate of drug-likeness (QED) is 0.176. The van der Waals surface area contributed by atoms with E-state index in [1.54, 1.807) is 44.5 Å². The molecule has 0 spiro atoms. The largest absolute Gasteiger partial charge is 0.0884 e. The number of alkyl halides is 2. The second-order valence-corrected chi connectivity index (χ2v) is 17.2. The molecule has 0 amide bonds. The number of hydrogen-bond acceptors (Lipinski definition) is 0. The molecule has 0 fully saturated rings. The first-order valence-electron chi connectivity index (χ1n) is 16.6. The molecule has 228 valence electrons. The van der Waals surface area contributed by atoms with E-state index in [4.69, 9.17) is 0 Å². The maximum atomic E-state index is 4.02. The lowest BCUT2D eigenvalue weighted by atomic mass is 9.68. The molecule has 4 aliphatic carbocycles. The van der Waals surface area contributed by atoms with E-state index >= 15 is 0 Å². The standard InChI is InChI=1S/2C20H20Br2/c2*21-17-11-9-13-5-1-3-7-15(13)19(17)20-16-8-4-2-6-14(16)10-12-18(20)22/h9-12H,1-8H2;1-8,17-20H,9-12H2. The normalized spacial score (nSPS) is 23.7. The fraction of sp³-hybridized carbons (Fsp3) is 0.400. The Morgan fingerprint density at radius 2 is 0.841 bits per heavy atom. The molecule has 0 aromatic heterocycles. The first kappa shape index (κ1) is 31.4. The van der Waals surface area contributed by atoms with Crippen LogP contribution in [0.4, 0.5) is 0 Å². The Kier molecular flexibility index (Phi) is 9.91. The third-order valence-electron chi connectivity index (χ3n) is 10.6. The summed E-state index contributed by atoms with van der Waals surface area (Å²) in [4.78, 5) is 1.14. The highest BCUT2D eigenvalue weighted by molar-refractivity contribution is 9.11. The lowest BCUT2D eigenvalue weighted by Crippen LogP contribution is -2.33. The Balaban J connectivity index is 0.000000142. The van der Waals surface area contributed by atoms with Gasteiger partial charge in [-0.25, -0.2) is 0 Å². The molecule has 4 heteroatoms. The van der Waals surface area contributed by atoms with Crippen molar-refractivity contribution in [3.63, 3.8) is 0 Å². The van der Waals surface area contributed by atoms with Crippen LogP contribution < -0.4 is 0 Å². The van der Waals surface area contributed by atoms with Crippen LogP contribution in [-0.2, 0) is 38.5 Å². The lowest BCUT2D eigenvalue weighted by Gasteiger charge is -2.41. The molecule has 4 unspecified atom stereocenters. The van der Waals surface area contributed by atoms with E-state index in [0.717, 1.165) is 0 Å². The van der Waals surface area contributed by atoms with E-state index in [1.165, 1.54) is 97.1 Å².